The largest absolute Gasteiger partial charge is 0.495 e. The van der Waals surface area contributed by atoms with Crippen LogP contribution in [0.25, 0.3) is 0 Å². The van der Waals surface area contributed by atoms with Crippen molar-refractivity contribution in [1.82, 2.24) is 0 Å². The molecule has 0 aromatic heterocycles. The van der Waals surface area contributed by atoms with Gasteiger partial charge in [0, 0.05) is 17.5 Å². The topological polar surface area (TPSA) is 38.3 Å². The number of methoxy groups -OCH3 is 1. The van der Waals surface area contributed by atoms with Crippen LogP contribution in [0.5, 0.6) is 5.75 Å². The number of carbonyl (C=O) groups is 1. The summed E-state index contributed by atoms with van der Waals surface area (Å²) in [6, 6.07) is 3.53. The van der Waals surface area contributed by atoms with E-state index in [0.29, 0.717) is 28.8 Å². The van der Waals surface area contributed by atoms with Crippen LogP contribution >= 0.6 is 11.6 Å². The smallest absolute Gasteiger partial charge is 0.224 e. The highest BCUT2D eigenvalue weighted by Crippen LogP contribution is 2.31. The van der Waals surface area contributed by atoms with Crippen LogP contribution in [0.3, 0.4) is 0 Å². The van der Waals surface area contributed by atoms with Gasteiger partial charge in [-0.3, -0.25) is 4.79 Å². The van der Waals surface area contributed by atoms with Gasteiger partial charge < -0.3 is 10.1 Å². The number of nitrogens with one attached hydrogen (secondary N) is 1. The third kappa shape index (κ3) is 3.93. The molecule has 94 valence electrons. The van der Waals surface area contributed by atoms with E-state index in [1.54, 1.807) is 13.2 Å². The quantitative estimate of drug-likeness (QED) is 0.892. The molecule has 0 unspecified atom stereocenters. The Morgan fingerprint density at radius 3 is 2.65 bits per heavy atom. The number of amides is 1. The molecule has 0 aliphatic heterocycles. The molecule has 0 bridgehead atoms. The predicted molar refractivity (Wildman–Crippen MR) is 70.8 cm³/mol. The van der Waals surface area contributed by atoms with Crippen molar-refractivity contribution >= 4 is 23.2 Å². The van der Waals surface area contributed by atoms with Crippen LogP contribution in [0.1, 0.15) is 25.8 Å². The Labute approximate surface area is 107 Å². The van der Waals surface area contributed by atoms with Crippen LogP contribution in [0.2, 0.25) is 5.02 Å². The molecule has 0 saturated carbocycles. The first-order valence-corrected chi connectivity index (χ1v) is 5.95. The van der Waals surface area contributed by atoms with E-state index in [2.05, 4.69) is 5.32 Å². The molecule has 0 atom stereocenters. The first-order chi connectivity index (χ1) is 7.93. The molecule has 1 aromatic rings. The first kappa shape index (κ1) is 13.8. The van der Waals surface area contributed by atoms with E-state index >= 15 is 0 Å². The number of rotatable bonds is 4. The molecule has 17 heavy (non-hydrogen) atoms. The van der Waals surface area contributed by atoms with Crippen molar-refractivity contribution in [3.05, 3.63) is 22.7 Å². The van der Waals surface area contributed by atoms with Gasteiger partial charge in [0.15, 0.2) is 0 Å². The lowest BCUT2D eigenvalue weighted by atomic mass is 10.1. The summed E-state index contributed by atoms with van der Waals surface area (Å²) in [5, 5.41) is 3.47. The summed E-state index contributed by atoms with van der Waals surface area (Å²) in [7, 11) is 1.55. The Kier molecular flexibility index (Phi) is 4.82. The van der Waals surface area contributed by atoms with Crippen LogP contribution in [0.4, 0.5) is 5.69 Å². The molecule has 1 rings (SSSR count). The van der Waals surface area contributed by atoms with E-state index in [1.807, 2.05) is 26.8 Å². The predicted octanol–water partition coefficient (Wildman–Crippen LogP) is 3.64. The molecular formula is C13H18ClNO2. The van der Waals surface area contributed by atoms with Gasteiger partial charge in [-0.25, -0.2) is 0 Å². The summed E-state index contributed by atoms with van der Waals surface area (Å²) >= 11 is 5.99. The molecule has 1 aromatic carbocycles. The SMILES string of the molecule is COc1cc(Cl)c(C)cc1NC(=O)CC(C)C. The summed E-state index contributed by atoms with van der Waals surface area (Å²) in [4.78, 5) is 11.7. The maximum Gasteiger partial charge on any atom is 0.224 e. The lowest BCUT2D eigenvalue weighted by Gasteiger charge is -2.13. The maximum atomic E-state index is 11.7. The summed E-state index contributed by atoms with van der Waals surface area (Å²) in [6.45, 7) is 5.90. The van der Waals surface area contributed by atoms with Gasteiger partial charge in [-0.05, 0) is 24.5 Å². The van der Waals surface area contributed by atoms with Gasteiger partial charge in [0.1, 0.15) is 5.75 Å². The van der Waals surface area contributed by atoms with E-state index in [-0.39, 0.29) is 5.91 Å². The van der Waals surface area contributed by atoms with E-state index in [9.17, 15) is 4.79 Å². The zero-order valence-electron chi connectivity index (χ0n) is 10.6. The van der Waals surface area contributed by atoms with Gasteiger partial charge in [0.05, 0.1) is 12.8 Å². The third-order valence-electron chi connectivity index (χ3n) is 2.35. The second kappa shape index (κ2) is 5.92. The van der Waals surface area contributed by atoms with Crippen LogP contribution < -0.4 is 10.1 Å². The maximum absolute atomic E-state index is 11.7. The second-order valence-corrected chi connectivity index (χ2v) is 4.86. The van der Waals surface area contributed by atoms with E-state index in [4.69, 9.17) is 16.3 Å². The van der Waals surface area contributed by atoms with Crippen molar-refractivity contribution in [2.24, 2.45) is 5.92 Å². The number of aryl methyl sites for hydroxylation is 1. The third-order valence-corrected chi connectivity index (χ3v) is 2.76. The molecule has 0 aliphatic rings. The summed E-state index contributed by atoms with van der Waals surface area (Å²) in [5.41, 5.74) is 1.58. The highest BCUT2D eigenvalue weighted by atomic mass is 35.5. The molecule has 0 saturated heterocycles. The molecular weight excluding hydrogens is 238 g/mol. The lowest BCUT2D eigenvalue weighted by Crippen LogP contribution is -2.14. The summed E-state index contributed by atoms with van der Waals surface area (Å²) in [6.07, 6.45) is 0.491. The number of anilines is 1. The van der Waals surface area contributed by atoms with Crippen LogP contribution in [-0.2, 0) is 4.79 Å². The van der Waals surface area contributed by atoms with E-state index in [1.165, 1.54) is 0 Å². The average Bonchev–Trinajstić information content (AvgIpc) is 2.21. The molecule has 4 heteroatoms. The second-order valence-electron chi connectivity index (χ2n) is 4.45. The molecule has 3 nitrogen and oxygen atoms in total. The zero-order valence-corrected chi connectivity index (χ0v) is 11.4. The van der Waals surface area contributed by atoms with Crippen LogP contribution in [0.15, 0.2) is 12.1 Å². The van der Waals surface area contributed by atoms with Gasteiger partial charge in [0.25, 0.3) is 0 Å². The van der Waals surface area contributed by atoms with Crippen molar-refractivity contribution < 1.29 is 9.53 Å². The number of ether oxygens (including phenoxy) is 1. The number of carbonyl (C=O) groups excluding carboxylic acids is 1. The van der Waals surface area contributed by atoms with Crippen LogP contribution in [0, 0.1) is 12.8 Å². The Bertz CT molecular complexity index is 416. The van der Waals surface area contributed by atoms with Crippen molar-refractivity contribution in [3.8, 4) is 5.75 Å². The normalized spacial score (nSPS) is 10.5. The molecule has 0 aliphatic carbocycles. The first-order valence-electron chi connectivity index (χ1n) is 5.58. The Morgan fingerprint density at radius 2 is 2.12 bits per heavy atom. The lowest BCUT2D eigenvalue weighted by molar-refractivity contribution is -0.116. The number of benzene rings is 1. The minimum Gasteiger partial charge on any atom is -0.495 e. The van der Waals surface area contributed by atoms with Crippen molar-refractivity contribution in [2.75, 3.05) is 12.4 Å². The minimum absolute atomic E-state index is 0.0139. The Hall–Kier alpha value is -1.22. The Morgan fingerprint density at radius 1 is 1.47 bits per heavy atom. The Balaban J connectivity index is 2.90. The van der Waals surface area contributed by atoms with E-state index < -0.39 is 0 Å². The fourth-order valence-corrected chi connectivity index (χ4v) is 1.66. The number of hydrogen-bond acceptors (Lipinski definition) is 2. The number of halogens is 1. The van der Waals surface area contributed by atoms with Gasteiger partial charge in [0.2, 0.25) is 5.91 Å². The molecule has 1 amide bonds. The molecule has 1 N–H and O–H groups in total. The summed E-state index contributed by atoms with van der Waals surface area (Å²) < 4.78 is 5.19. The van der Waals surface area contributed by atoms with Gasteiger partial charge in [-0.2, -0.15) is 0 Å². The molecule has 0 heterocycles. The highest BCUT2D eigenvalue weighted by molar-refractivity contribution is 6.31. The van der Waals surface area contributed by atoms with Gasteiger partial charge >= 0.3 is 0 Å². The van der Waals surface area contributed by atoms with Crippen molar-refractivity contribution in [2.45, 2.75) is 27.2 Å². The minimum atomic E-state index is -0.0139. The molecule has 0 spiro atoms. The van der Waals surface area contributed by atoms with Gasteiger partial charge in [-0.15, -0.1) is 0 Å². The summed E-state index contributed by atoms with van der Waals surface area (Å²) in [5.74, 6) is 0.895. The highest BCUT2D eigenvalue weighted by Gasteiger charge is 2.11. The van der Waals surface area contributed by atoms with Crippen molar-refractivity contribution in [1.29, 1.82) is 0 Å². The standard InChI is InChI=1S/C13H18ClNO2/c1-8(2)5-13(16)15-11-6-9(3)10(14)7-12(11)17-4/h6-8H,5H2,1-4H3,(H,15,16). The fraction of sp³-hybridized carbons (Fsp3) is 0.462. The average molecular weight is 256 g/mol. The van der Waals surface area contributed by atoms with Crippen molar-refractivity contribution in [3.63, 3.8) is 0 Å². The fourth-order valence-electron chi connectivity index (χ4n) is 1.50. The zero-order chi connectivity index (χ0) is 13.0. The molecule has 0 fully saturated rings. The monoisotopic (exact) mass is 255 g/mol. The molecule has 0 radical (unpaired) electrons. The van der Waals surface area contributed by atoms with Gasteiger partial charge in [-0.1, -0.05) is 25.4 Å². The number of hydrogen-bond donors (Lipinski definition) is 1. The van der Waals surface area contributed by atoms with E-state index in [0.717, 1.165) is 5.56 Å². The van der Waals surface area contributed by atoms with Crippen LogP contribution in [-0.4, -0.2) is 13.0 Å².